The summed E-state index contributed by atoms with van der Waals surface area (Å²) in [5, 5.41) is 0.970. The van der Waals surface area contributed by atoms with Gasteiger partial charge in [-0.05, 0) is 24.4 Å². The van der Waals surface area contributed by atoms with Crippen LogP contribution in [0.4, 0.5) is 0 Å². The molecule has 3 nitrogen and oxygen atoms in total. The van der Waals surface area contributed by atoms with E-state index in [1.807, 2.05) is 24.3 Å². The Morgan fingerprint density at radius 3 is 2.94 bits per heavy atom. The third kappa shape index (κ3) is 2.84. The summed E-state index contributed by atoms with van der Waals surface area (Å²) >= 11 is 0. The fourth-order valence-corrected chi connectivity index (χ4v) is 1.64. The molecule has 2 rings (SSSR count). The van der Waals surface area contributed by atoms with Crippen LogP contribution in [-0.2, 0) is 16.0 Å². The molecule has 17 heavy (non-hydrogen) atoms. The van der Waals surface area contributed by atoms with Gasteiger partial charge in [-0.1, -0.05) is 23.7 Å². The van der Waals surface area contributed by atoms with E-state index >= 15 is 0 Å². The van der Waals surface area contributed by atoms with Crippen LogP contribution in [0.15, 0.2) is 30.3 Å². The molecule has 0 fully saturated rings. The highest BCUT2D eigenvalue weighted by atomic mass is 16.5. The van der Waals surface area contributed by atoms with E-state index in [4.69, 9.17) is 12.6 Å². The number of ether oxygens (including phenoxy) is 1. The van der Waals surface area contributed by atoms with Crippen molar-refractivity contribution in [2.24, 2.45) is 0 Å². The van der Waals surface area contributed by atoms with E-state index in [1.54, 1.807) is 13.0 Å². The van der Waals surface area contributed by atoms with Gasteiger partial charge in [-0.15, -0.1) is 0 Å². The molecule has 0 aliphatic rings. The van der Waals surface area contributed by atoms with Gasteiger partial charge in [-0.3, -0.25) is 9.78 Å². The van der Waals surface area contributed by atoms with Crippen LogP contribution in [-0.4, -0.2) is 25.4 Å². The molecule has 1 heterocycles. The summed E-state index contributed by atoms with van der Waals surface area (Å²) in [5.41, 5.74) is 2.25. The molecule has 84 valence electrons. The van der Waals surface area contributed by atoms with Gasteiger partial charge in [0, 0.05) is 0 Å². The van der Waals surface area contributed by atoms with Gasteiger partial charge in [0.2, 0.25) is 0 Å². The first kappa shape index (κ1) is 11.6. The van der Waals surface area contributed by atoms with E-state index in [0.717, 1.165) is 10.9 Å². The molecule has 0 N–H and O–H groups in total. The first-order chi connectivity index (χ1) is 8.19. The first-order valence-corrected chi connectivity index (χ1v) is 5.50. The highest BCUT2D eigenvalue weighted by Gasteiger charge is 2.05. The van der Waals surface area contributed by atoms with Crippen molar-refractivity contribution in [3.63, 3.8) is 0 Å². The third-order valence-electron chi connectivity index (χ3n) is 2.40. The van der Waals surface area contributed by atoms with Crippen LogP contribution in [0.2, 0.25) is 0 Å². The van der Waals surface area contributed by atoms with Crippen molar-refractivity contribution in [1.29, 1.82) is 0 Å². The molecule has 1 aromatic heterocycles. The maximum absolute atomic E-state index is 11.3. The Balaban J connectivity index is 2.26. The second kappa shape index (κ2) is 5.00. The second-order valence-electron chi connectivity index (χ2n) is 3.74. The number of esters is 1. The van der Waals surface area contributed by atoms with E-state index in [1.165, 1.54) is 0 Å². The van der Waals surface area contributed by atoms with E-state index < -0.39 is 0 Å². The smallest absolute Gasteiger partial charge is 0.311 e. The molecule has 2 aromatic rings. The van der Waals surface area contributed by atoms with Crippen molar-refractivity contribution in [3.8, 4) is 0 Å². The molecule has 1 aromatic carbocycles. The molecule has 4 heteroatoms. The normalized spacial score (nSPS) is 10.4. The molecule has 0 amide bonds. The fourth-order valence-electron chi connectivity index (χ4n) is 1.64. The van der Waals surface area contributed by atoms with Gasteiger partial charge in [0.1, 0.15) is 7.85 Å². The monoisotopic (exact) mass is 225 g/mol. The molecule has 2 radical (unpaired) electrons. The summed E-state index contributed by atoms with van der Waals surface area (Å²) in [6.07, 6.45) is 0.203. The Morgan fingerprint density at radius 2 is 2.18 bits per heavy atom. The lowest BCUT2D eigenvalue weighted by molar-refractivity contribution is -0.142. The summed E-state index contributed by atoms with van der Waals surface area (Å²) in [6.45, 7) is 2.18. The molecular formula is C13H12BNO2. The number of benzene rings is 1. The molecule has 0 saturated heterocycles. The maximum Gasteiger partial charge on any atom is 0.311 e. The fraction of sp³-hybridized carbons (Fsp3) is 0.231. The van der Waals surface area contributed by atoms with E-state index in [0.29, 0.717) is 17.8 Å². The molecule has 0 aliphatic carbocycles. The lowest BCUT2D eigenvalue weighted by atomic mass is 9.95. The summed E-state index contributed by atoms with van der Waals surface area (Å²) in [4.78, 5) is 15.7. The topological polar surface area (TPSA) is 39.2 Å². The number of hydrogen-bond donors (Lipinski definition) is 0. The Bertz CT molecular complexity index is 554. The second-order valence-corrected chi connectivity index (χ2v) is 3.74. The standard InChI is InChI=1S/C13H12BNO2/c1-2-17-13(16)8-11-5-3-9-7-10(14)4-6-12(9)15-11/h3-7H,2,8H2,1H3. The van der Waals surface area contributed by atoms with Crippen molar-refractivity contribution in [1.82, 2.24) is 4.98 Å². The summed E-state index contributed by atoms with van der Waals surface area (Å²) < 4.78 is 4.88. The predicted molar refractivity (Wildman–Crippen MR) is 67.5 cm³/mol. The largest absolute Gasteiger partial charge is 0.466 e. The third-order valence-corrected chi connectivity index (χ3v) is 2.40. The Hall–Kier alpha value is -1.84. The van der Waals surface area contributed by atoms with Crippen LogP contribution in [0.3, 0.4) is 0 Å². The van der Waals surface area contributed by atoms with E-state index in [-0.39, 0.29) is 12.4 Å². The van der Waals surface area contributed by atoms with Crippen molar-refractivity contribution in [2.75, 3.05) is 6.61 Å². The molecule has 0 aliphatic heterocycles. The molecule has 0 saturated carbocycles. The number of pyridine rings is 1. The van der Waals surface area contributed by atoms with Gasteiger partial charge >= 0.3 is 5.97 Å². The Kier molecular flexibility index (Phi) is 3.42. The number of nitrogens with zero attached hydrogens (tertiary/aromatic N) is 1. The minimum atomic E-state index is -0.255. The average Bonchev–Trinajstić information content (AvgIpc) is 2.29. The summed E-state index contributed by atoms with van der Waals surface area (Å²) in [6, 6.07) is 9.23. The van der Waals surface area contributed by atoms with E-state index in [9.17, 15) is 4.79 Å². The molecule has 0 spiro atoms. The zero-order valence-electron chi connectivity index (χ0n) is 9.64. The number of fused-ring (bicyclic) bond motifs is 1. The highest BCUT2D eigenvalue weighted by Crippen LogP contribution is 2.11. The minimum absolute atomic E-state index is 0.203. The van der Waals surface area contributed by atoms with Crippen molar-refractivity contribution in [2.45, 2.75) is 13.3 Å². The van der Waals surface area contributed by atoms with Crippen LogP contribution in [0.25, 0.3) is 10.9 Å². The van der Waals surface area contributed by atoms with Gasteiger partial charge in [0.15, 0.2) is 0 Å². The van der Waals surface area contributed by atoms with Gasteiger partial charge in [-0.2, -0.15) is 0 Å². The lowest BCUT2D eigenvalue weighted by Gasteiger charge is -2.04. The van der Waals surface area contributed by atoms with E-state index in [2.05, 4.69) is 4.98 Å². The van der Waals surface area contributed by atoms with Gasteiger partial charge in [0.05, 0.1) is 24.2 Å². The number of carbonyl (C=O) groups is 1. The highest BCUT2D eigenvalue weighted by molar-refractivity contribution is 6.33. The predicted octanol–water partition coefficient (Wildman–Crippen LogP) is 1.13. The van der Waals surface area contributed by atoms with Crippen molar-refractivity contribution in [3.05, 3.63) is 36.0 Å². The van der Waals surface area contributed by atoms with Gasteiger partial charge in [-0.25, -0.2) is 0 Å². The van der Waals surface area contributed by atoms with Crippen molar-refractivity contribution >= 4 is 30.2 Å². The van der Waals surface area contributed by atoms with Crippen molar-refractivity contribution < 1.29 is 9.53 Å². The zero-order chi connectivity index (χ0) is 12.3. The zero-order valence-corrected chi connectivity index (χ0v) is 9.64. The minimum Gasteiger partial charge on any atom is -0.466 e. The maximum atomic E-state index is 11.3. The number of carbonyl (C=O) groups excluding carboxylic acids is 1. The molecule has 0 atom stereocenters. The number of rotatable bonds is 3. The van der Waals surface area contributed by atoms with Crippen LogP contribution in [0, 0.1) is 0 Å². The van der Waals surface area contributed by atoms with Gasteiger partial charge < -0.3 is 4.74 Å². The quantitative estimate of drug-likeness (QED) is 0.580. The molecule has 0 bridgehead atoms. The Labute approximate surface area is 101 Å². The number of aromatic nitrogens is 1. The first-order valence-electron chi connectivity index (χ1n) is 5.50. The molecular weight excluding hydrogens is 213 g/mol. The van der Waals surface area contributed by atoms with Crippen LogP contribution in [0.5, 0.6) is 0 Å². The van der Waals surface area contributed by atoms with Crippen LogP contribution >= 0.6 is 0 Å². The summed E-state index contributed by atoms with van der Waals surface area (Å²) in [7, 11) is 5.68. The lowest BCUT2D eigenvalue weighted by Crippen LogP contribution is -2.09. The number of hydrogen-bond acceptors (Lipinski definition) is 3. The van der Waals surface area contributed by atoms with Crippen LogP contribution < -0.4 is 5.46 Å². The SMILES string of the molecule is [B]c1ccc2nc(CC(=O)OCC)ccc2c1. The average molecular weight is 225 g/mol. The molecule has 0 unspecified atom stereocenters. The summed E-state index contributed by atoms with van der Waals surface area (Å²) in [5.74, 6) is -0.255. The Morgan fingerprint density at radius 1 is 1.35 bits per heavy atom. The van der Waals surface area contributed by atoms with Gasteiger partial charge in [0.25, 0.3) is 0 Å². The van der Waals surface area contributed by atoms with Crippen LogP contribution in [0.1, 0.15) is 12.6 Å².